The Labute approximate surface area is 82.6 Å². The van der Waals surface area contributed by atoms with Gasteiger partial charge in [-0.05, 0) is 25.3 Å². The molecule has 2 heteroatoms. The van der Waals surface area contributed by atoms with Crippen LogP contribution < -0.4 is 11.1 Å². The van der Waals surface area contributed by atoms with Gasteiger partial charge in [0.05, 0.1) is 0 Å². The van der Waals surface area contributed by atoms with E-state index in [0.717, 1.165) is 13.0 Å². The van der Waals surface area contributed by atoms with Gasteiger partial charge in [-0.15, -0.1) is 0 Å². The van der Waals surface area contributed by atoms with Gasteiger partial charge < -0.3 is 11.1 Å². The van der Waals surface area contributed by atoms with Crippen molar-refractivity contribution in [2.75, 3.05) is 13.1 Å². The molecule has 0 rings (SSSR count). The highest BCUT2D eigenvalue weighted by molar-refractivity contribution is 4.83. The summed E-state index contributed by atoms with van der Waals surface area (Å²) < 4.78 is 0. The first kappa shape index (κ1) is 12.7. The van der Waals surface area contributed by atoms with E-state index in [2.05, 4.69) is 38.2 Å². The van der Waals surface area contributed by atoms with Crippen molar-refractivity contribution in [1.29, 1.82) is 0 Å². The van der Waals surface area contributed by atoms with Crippen molar-refractivity contribution in [3.05, 3.63) is 12.2 Å². The van der Waals surface area contributed by atoms with Crippen LogP contribution in [-0.4, -0.2) is 19.1 Å². The maximum atomic E-state index is 5.69. The molecular weight excluding hydrogens is 160 g/mol. The molecule has 0 amide bonds. The molecular formula is C11H24N2. The highest BCUT2D eigenvalue weighted by atomic mass is 14.9. The lowest BCUT2D eigenvalue weighted by molar-refractivity contribution is 0.275. The second kappa shape index (κ2) is 6.17. The molecule has 0 aromatic carbocycles. The third-order valence-corrected chi connectivity index (χ3v) is 2.22. The first-order valence-corrected chi connectivity index (χ1v) is 5.07. The highest BCUT2D eigenvalue weighted by Crippen LogP contribution is 2.17. The number of allylic oxidation sites excluding steroid dienone is 1. The minimum absolute atomic E-state index is 0.255. The minimum atomic E-state index is 0.255. The van der Waals surface area contributed by atoms with Crippen LogP contribution in [0, 0.1) is 5.41 Å². The molecule has 0 aromatic heterocycles. The molecule has 0 aliphatic carbocycles. The van der Waals surface area contributed by atoms with Gasteiger partial charge >= 0.3 is 0 Å². The summed E-state index contributed by atoms with van der Waals surface area (Å²) in [7, 11) is 0. The van der Waals surface area contributed by atoms with E-state index in [1.54, 1.807) is 0 Å². The Morgan fingerprint density at radius 2 is 2.00 bits per heavy atom. The van der Waals surface area contributed by atoms with E-state index in [1.165, 1.54) is 0 Å². The Morgan fingerprint density at radius 1 is 1.38 bits per heavy atom. The van der Waals surface area contributed by atoms with Gasteiger partial charge in [-0.2, -0.15) is 0 Å². The van der Waals surface area contributed by atoms with Crippen molar-refractivity contribution >= 4 is 0 Å². The number of hydrogen-bond donors (Lipinski definition) is 2. The van der Waals surface area contributed by atoms with Gasteiger partial charge in [0.2, 0.25) is 0 Å². The molecule has 0 saturated heterocycles. The van der Waals surface area contributed by atoms with Gasteiger partial charge in [-0.25, -0.2) is 0 Å². The third-order valence-electron chi connectivity index (χ3n) is 2.22. The summed E-state index contributed by atoms with van der Waals surface area (Å²) in [6.07, 6.45) is 5.34. The third kappa shape index (κ3) is 5.83. The van der Waals surface area contributed by atoms with Crippen molar-refractivity contribution in [2.24, 2.45) is 11.1 Å². The Balaban J connectivity index is 3.73. The first-order chi connectivity index (χ1) is 6.02. The summed E-state index contributed by atoms with van der Waals surface area (Å²) in [5.41, 5.74) is 5.95. The normalized spacial score (nSPS) is 15.2. The SMILES string of the molecule is C/C=C/CCNC(CN)C(C)(C)C. The van der Waals surface area contributed by atoms with Crippen molar-refractivity contribution in [2.45, 2.75) is 40.2 Å². The van der Waals surface area contributed by atoms with Crippen molar-refractivity contribution in [3.63, 3.8) is 0 Å². The van der Waals surface area contributed by atoms with Gasteiger partial charge in [0.1, 0.15) is 0 Å². The van der Waals surface area contributed by atoms with Crippen LogP contribution in [0.3, 0.4) is 0 Å². The molecule has 78 valence electrons. The van der Waals surface area contributed by atoms with Crippen LogP contribution in [-0.2, 0) is 0 Å². The second-order valence-electron chi connectivity index (χ2n) is 4.47. The molecule has 0 heterocycles. The molecule has 0 spiro atoms. The Kier molecular flexibility index (Phi) is 6.00. The van der Waals surface area contributed by atoms with Crippen molar-refractivity contribution in [3.8, 4) is 0 Å². The fraction of sp³-hybridized carbons (Fsp3) is 0.818. The zero-order valence-electron chi connectivity index (χ0n) is 9.43. The summed E-state index contributed by atoms with van der Waals surface area (Å²) in [5.74, 6) is 0. The molecule has 0 aliphatic heterocycles. The molecule has 0 saturated carbocycles. The molecule has 1 unspecified atom stereocenters. The molecule has 0 aliphatic rings. The Hall–Kier alpha value is -0.340. The van der Waals surface area contributed by atoms with Gasteiger partial charge in [-0.3, -0.25) is 0 Å². The largest absolute Gasteiger partial charge is 0.329 e. The summed E-state index contributed by atoms with van der Waals surface area (Å²) >= 11 is 0. The average Bonchev–Trinajstić information content (AvgIpc) is 2.02. The topological polar surface area (TPSA) is 38.0 Å². The quantitative estimate of drug-likeness (QED) is 0.506. The van der Waals surface area contributed by atoms with E-state index in [9.17, 15) is 0 Å². The molecule has 1 atom stereocenters. The number of hydrogen-bond acceptors (Lipinski definition) is 2. The Morgan fingerprint density at radius 3 is 2.38 bits per heavy atom. The lowest BCUT2D eigenvalue weighted by Crippen LogP contribution is -2.45. The van der Waals surface area contributed by atoms with Crippen LogP contribution in [0.5, 0.6) is 0 Å². The predicted octanol–water partition coefficient (Wildman–Crippen LogP) is 1.92. The second-order valence-corrected chi connectivity index (χ2v) is 4.47. The average molecular weight is 184 g/mol. The minimum Gasteiger partial charge on any atom is -0.329 e. The molecule has 2 nitrogen and oxygen atoms in total. The zero-order valence-corrected chi connectivity index (χ0v) is 9.43. The summed E-state index contributed by atoms with van der Waals surface area (Å²) in [5, 5.41) is 3.47. The van der Waals surface area contributed by atoms with Gasteiger partial charge in [0, 0.05) is 12.6 Å². The van der Waals surface area contributed by atoms with Crippen LogP contribution in [0.1, 0.15) is 34.1 Å². The smallest absolute Gasteiger partial charge is 0.0238 e. The number of nitrogens with one attached hydrogen (secondary N) is 1. The van der Waals surface area contributed by atoms with Gasteiger partial charge in [0.25, 0.3) is 0 Å². The van der Waals surface area contributed by atoms with Gasteiger partial charge in [-0.1, -0.05) is 32.9 Å². The van der Waals surface area contributed by atoms with Crippen LogP contribution in [0.15, 0.2) is 12.2 Å². The number of nitrogens with two attached hydrogens (primary N) is 1. The van der Waals surface area contributed by atoms with E-state index in [-0.39, 0.29) is 5.41 Å². The molecule has 0 radical (unpaired) electrons. The fourth-order valence-electron chi connectivity index (χ4n) is 1.25. The molecule has 0 fully saturated rings. The maximum absolute atomic E-state index is 5.69. The summed E-state index contributed by atoms with van der Waals surface area (Å²) in [6, 6.07) is 0.415. The summed E-state index contributed by atoms with van der Waals surface area (Å²) in [6.45, 7) is 10.4. The summed E-state index contributed by atoms with van der Waals surface area (Å²) in [4.78, 5) is 0. The zero-order chi connectivity index (χ0) is 10.3. The van der Waals surface area contributed by atoms with E-state index in [0.29, 0.717) is 12.6 Å². The lowest BCUT2D eigenvalue weighted by Gasteiger charge is -2.30. The monoisotopic (exact) mass is 184 g/mol. The van der Waals surface area contributed by atoms with Crippen LogP contribution in [0.4, 0.5) is 0 Å². The fourth-order valence-corrected chi connectivity index (χ4v) is 1.25. The van der Waals surface area contributed by atoms with E-state index < -0.39 is 0 Å². The highest BCUT2D eigenvalue weighted by Gasteiger charge is 2.21. The maximum Gasteiger partial charge on any atom is 0.0238 e. The number of rotatable bonds is 5. The van der Waals surface area contributed by atoms with Crippen molar-refractivity contribution < 1.29 is 0 Å². The standard InChI is InChI=1S/C11H24N2/c1-5-6-7-8-13-10(9-12)11(2,3)4/h5-6,10,13H,7-9,12H2,1-4H3/b6-5+. The lowest BCUT2D eigenvalue weighted by atomic mass is 9.87. The first-order valence-electron chi connectivity index (χ1n) is 5.07. The van der Waals surface area contributed by atoms with Crippen molar-refractivity contribution in [1.82, 2.24) is 5.32 Å². The van der Waals surface area contributed by atoms with E-state index in [1.807, 2.05) is 6.92 Å². The van der Waals surface area contributed by atoms with E-state index >= 15 is 0 Å². The van der Waals surface area contributed by atoms with Gasteiger partial charge in [0.15, 0.2) is 0 Å². The van der Waals surface area contributed by atoms with Crippen LogP contribution in [0.25, 0.3) is 0 Å². The van der Waals surface area contributed by atoms with Crippen LogP contribution >= 0.6 is 0 Å². The molecule has 3 N–H and O–H groups in total. The molecule has 0 bridgehead atoms. The van der Waals surface area contributed by atoms with Crippen LogP contribution in [0.2, 0.25) is 0 Å². The Bertz CT molecular complexity index is 145. The molecule has 0 aromatic rings. The predicted molar refractivity (Wildman–Crippen MR) is 59.7 cm³/mol. The van der Waals surface area contributed by atoms with E-state index in [4.69, 9.17) is 5.73 Å². The molecule has 13 heavy (non-hydrogen) atoms.